The van der Waals surface area contributed by atoms with Crippen LogP contribution in [0.3, 0.4) is 0 Å². The smallest absolute Gasteiger partial charge is 0.113 e. The van der Waals surface area contributed by atoms with E-state index in [1.165, 1.54) is 15.6 Å². The largest absolute Gasteiger partial charge is 0.378 e. The molecule has 0 bridgehead atoms. The topological polar surface area (TPSA) is 34.2 Å². The minimum Gasteiger partial charge on any atom is -0.378 e. The standard InChI is InChI=1S/C16H28N2OS/c1-6-8-17-16(15-18-12(4)13(5)20-15)7-9-19-14(10-16)11(2)3/h11,14,17H,6-10H2,1-5H3. The summed E-state index contributed by atoms with van der Waals surface area (Å²) in [4.78, 5) is 6.19. The van der Waals surface area contributed by atoms with Crippen LogP contribution in [0.15, 0.2) is 0 Å². The van der Waals surface area contributed by atoms with Crippen LogP contribution in [0.4, 0.5) is 0 Å². The van der Waals surface area contributed by atoms with Crippen LogP contribution in [0.5, 0.6) is 0 Å². The van der Waals surface area contributed by atoms with Gasteiger partial charge < -0.3 is 10.1 Å². The zero-order valence-electron chi connectivity index (χ0n) is 13.5. The van der Waals surface area contributed by atoms with Crippen molar-refractivity contribution in [3.8, 4) is 0 Å². The van der Waals surface area contributed by atoms with Crippen LogP contribution in [-0.2, 0) is 10.3 Å². The molecule has 1 aliphatic rings. The second-order valence-electron chi connectivity index (χ2n) is 6.28. The van der Waals surface area contributed by atoms with Gasteiger partial charge in [-0.2, -0.15) is 0 Å². The molecule has 0 spiro atoms. The fourth-order valence-electron chi connectivity index (χ4n) is 2.79. The van der Waals surface area contributed by atoms with Crippen LogP contribution in [0.1, 0.15) is 55.6 Å². The van der Waals surface area contributed by atoms with Crippen molar-refractivity contribution in [3.63, 3.8) is 0 Å². The molecule has 1 aliphatic heterocycles. The fraction of sp³-hybridized carbons (Fsp3) is 0.812. The van der Waals surface area contributed by atoms with E-state index in [-0.39, 0.29) is 5.54 Å². The normalized spacial score (nSPS) is 27.2. The van der Waals surface area contributed by atoms with Crippen LogP contribution < -0.4 is 5.32 Å². The van der Waals surface area contributed by atoms with Crippen molar-refractivity contribution in [2.75, 3.05) is 13.2 Å². The summed E-state index contributed by atoms with van der Waals surface area (Å²) in [6.45, 7) is 12.9. The lowest BCUT2D eigenvalue weighted by Gasteiger charge is -2.41. The van der Waals surface area contributed by atoms with Gasteiger partial charge in [0.05, 0.1) is 17.3 Å². The molecule has 2 rings (SSSR count). The monoisotopic (exact) mass is 296 g/mol. The lowest BCUT2D eigenvalue weighted by molar-refractivity contribution is -0.0534. The molecule has 1 fully saturated rings. The lowest BCUT2D eigenvalue weighted by Crippen LogP contribution is -2.50. The molecular formula is C16H28N2OS. The molecule has 0 amide bonds. The van der Waals surface area contributed by atoms with Gasteiger partial charge in [0, 0.05) is 11.5 Å². The van der Waals surface area contributed by atoms with Crippen LogP contribution in [-0.4, -0.2) is 24.2 Å². The van der Waals surface area contributed by atoms with Crippen molar-refractivity contribution >= 4 is 11.3 Å². The molecule has 2 atom stereocenters. The van der Waals surface area contributed by atoms with Gasteiger partial charge in [0.1, 0.15) is 5.01 Å². The van der Waals surface area contributed by atoms with Crippen molar-refractivity contribution in [2.24, 2.45) is 5.92 Å². The maximum Gasteiger partial charge on any atom is 0.113 e. The molecule has 2 heterocycles. The second kappa shape index (κ2) is 6.54. The Morgan fingerprint density at radius 1 is 1.45 bits per heavy atom. The van der Waals surface area contributed by atoms with Gasteiger partial charge in [0.25, 0.3) is 0 Å². The fourth-order valence-corrected chi connectivity index (χ4v) is 3.91. The Balaban J connectivity index is 2.29. The molecule has 1 aromatic heterocycles. The molecular weight excluding hydrogens is 268 g/mol. The summed E-state index contributed by atoms with van der Waals surface area (Å²) >= 11 is 1.85. The van der Waals surface area contributed by atoms with E-state index in [0.717, 1.165) is 32.4 Å². The van der Waals surface area contributed by atoms with Crippen molar-refractivity contribution in [3.05, 3.63) is 15.6 Å². The molecule has 114 valence electrons. The first-order chi connectivity index (χ1) is 9.48. The van der Waals surface area contributed by atoms with E-state index in [0.29, 0.717) is 12.0 Å². The summed E-state index contributed by atoms with van der Waals surface area (Å²) in [5.74, 6) is 0.556. The predicted octanol–water partition coefficient (Wildman–Crippen LogP) is 3.79. The number of hydrogen-bond donors (Lipinski definition) is 1. The number of aromatic nitrogens is 1. The summed E-state index contributed by atoms with van der Waals surface area (Å²) in [5, 5.41) is 5.05. The molecule has 0 saturated carbocycles. The minimum absolute atomic E-state index is 0.0207. The lowest BCUT2D eigenvalue weighted by atomic mass is 9.83. The van der Waals surface area contributed by atoms with Crippen LogP contribution >= 0.6 is 11.3 Å². The van der Waals surface area contributed by atoms with Crippen molar-refractivity contribution < 1.29 is 4.74 Å². The van der Waals surface area contributed by atoms with Crippen LogP contribution in [0.2, 0.25) is 0 Å². The quantitative estimate of drug-likeness (QED) is 0.897. The van der Waals surface area contributed by atoms with Gasteiger partial charge in [-0.15, -0.1) is 11.3 Å². The van der Waals surface area contributed by atoms with Crippen LogP contribution in [0.25, 0.3) is 0 Å². The minimum atomic E-state index is 0.0207. The highest BCUT2D eigenvalue weighted by Crippen LogP contribution is 2.39. The summed E-state index contributed by atoms with van der Waals surface area (Å²) in [7, 11) is 0. The Bertz CT molecular complexity index is 424. The SMILES string of the molecule is CCCNC1(c2nc(C)c(C)s2)CCOC(C(C)C)C1. The Morgan fingerprint density at radius 3 is 2.75 bits per heavy atom. The van der Waals surface area contributed by atoms with E-state index in [1.54, 1.807) is 0 Å². The number of nitrogens with zero attached hydrogens (tertiary/aromatic N) is 1. The van der Waals surface area contributed by atoms with Crippen molar-refractivity contribution in [1.82, 2.24) is 10.3 Å². The third-order valence-electron chi connectivity index (χ3n) is 4.31. The molecule has 0 aromatic carbocycles. The number of aryl methyl sites for hydroxylation is 2. The Kier molecular flexibility index (Phi) is 5.21. The predicted molar refractivity (Wildman–Crippen MR) is 85.4 cm³/mol. The molecule has 1 saturated heterocycles. The highest BCUT2D eigenvalue weighted by molar-refractivity contribution is 7.11. The molecule has 20 heavy (non-hydrogen) atoms. The van der Waals surface area contributed by atoms with Gasteiger partial charge >= 0.3 is 0 Å². The first-order valence-electron chi connectivity index (χ1n) is 7.79. The summed E-state index contributed by atoms with van der Waals surface area (Å²) in [5.41, 5.74) is 1.20. The molecule has 0 aliphatic carbocycles. The average Bonchev–Trinajstić information content (AvgIpc) is 2.77. The van der Waals surface area contributed by atoms with Gasteiger partial charge in [0.15, 0.2) is 0 Å². The zero-order valence-corrected chi connectivity index (χ0v) is 14.3. The van der Waals surface area contributed by atoms with Gasteiger partial charge in [-0.05, 0) is 45.6 Å². The third kappa shape index (κ3) is 3.23. The number of hydrogen-bond acceptors (Lipinski definition) is 4. The Labute approximate surface area is 127 Å². The molecule has 1 aromatic rings. The van der Waals surface area contributed by atoms with E-state index in [4.69, 9.17) is 9.72 Å². The highest BCUT2D eigenvalue weighted by Gasteiger charge is 2.41. The van der Waals surface area contributed by atoms with E-state index in [2.05, 4.69) is 39.9 Å². The zero-order chi connectivity index (χ0) is 14.8. The third-order valence-corrected chi connectivity index (χ3v) is 5.58. The second-order valence-corrected chi connectivity index (χ2v) is 7.48. The molecule has 1 N–H and O–H groups in total. The van der Waals surface area contributed by atoms with Gasteiger partial charge in [0.2, 0.25) is 0 Å². The summed E-state index contributed by atoms with van der Waals surface area (Å²) < 4.78 is 5.97. The van der Waals surface area contributed by atoms with Crippen LogP contribution in [0, 0.1) is 19.8 Å². The van der Waals surface area contributed by atoms with E-state index < -0.39 is 0 Å². The number of thiazole rings is 1. The maximum absolute atomic E-state index is 5.97. The van der Waals surface area contributed by atoms with Crippen molar-refractivity contribution in [2.45, 2.75) is 65.5 Å². The molecule has 4 heteroatoms. The highest BCUT2D eigenvalue weighted by atomic mass is 32.1. The molecule has 0 radical (unpaired) electrons. The van der Waals surface area contributed by atoms with E-state index >= 15 is 0 Å². The molecule has 3 nitrogen and oxygen atoms in total. The number of nitrogens with one attached hydrogen (secondary N) is 1. The summed E-state index contributed by atoms with van der Waals surface area (Å²) in [6.07, 6.45) is 3.55. The summed E-state index contributed by atoms with van der Waals surface area (Å²) in [6, 6.07) is 0. The maximum atomic E-state index is 5.97. The van der Waals surface area contributed by atoms with E-state index in [1.807, 2.05) is 11.3 Å². The Morgan fingerprint density at radius 2 is 2.20 bits per heavy atom. The van der Waals surface area contributed by atoms with Crippen molar-refractivity contribution in [1.29, 1.82) is 0 Å². The first-order valence-corrected chi connectivity index (χ1v) is 8.61. The van der Waals surface area contributed by atoms with Gasteiger partial charge in [-0.1, -0.05) is 20.8 Å². The average molecular weight is 296 g/mol. The first kappa shape index (κ1) is 15.9. The number of rotatable bonds is 5. The number of ether oxygens (including phenoxy) is 1. The van der Waals surface area contributed by atoms with Gasteiger partial charge in [-0.3, -0.25) is 0 Å². The molecule has 2 unspecified atom stereocenters. The van der Waals surface area contributed by atoms with Gasteiger partial charge in [-0.25, -0.2) is 4.98 Å². The van der Waals surface area contributed by atoms with E-state index in [9.17, 15) is 0 Å². The Hall–Kier alpha value is -0.450.